The van der Waals surface area contributed by atoms with E-state index in [1.165, 1.54) is 0 Å². The summed E-state index contributed by atoms with van der Waals surface area (Å²) in [5, 5.41) is 12.9. The largest absolute Gasteiger partial charge is 0.389 e. The molecular weight excluding hydrogens is 242 g/mol. The second kappa shape index (κ2) is 9.92. The standard InChI is InChI=1S/C15H25NO3/c1-3-19-13(2)9-16-10-15(17)12-18-11-14-7-5-4-6-8-14/h4-8,13,15-17H,3,9-12H2,1-2H3. The first-order chi connectivity index (χ1) is 9.22. The van der Waals surface area contributed by atoms with Crippen molar-refractivity contribution in [3.05, 3.63) is 35.9 Å². The number of hydrogen-bond donors (Lipinski definition) is 2. The molecule has 2 atom stereocenters. The van der Waals surface area contributed by atoms with Gasteiger partial charge in [0.05, 0.1) is 25.4 Å². The molecular formula is C15H25NO3. The molecule has 0 saturated heterocycles. The molecule has 0 bridgehead atoms. The van der Waals surface area contributed by atoms with E-state index in [-0.39, 0.29) is 6.10 Å². The minimum absolute atomic E-state index is 0.169. The lowest BCUT2D eigenvalue weighted by Crippen LogP contribution is -2.35. The fourth-order valence-electron chi connectivity index (χ4n) is 1.74. The monoisotopic (exact) mass is 267 g/mol. The molecule has 4 heteroatoms. The summed E-state index contributed by atoms with van der Waals surface area (Å²) >= 11 is 0. The third-order valence-corrected chi connectivity index (χ3v) is 2.68. The lowest BCUT2D eigenvalue weighted by Gasteiger charge is -2.15. The summed E-state index contributed by atoms with van der Waals surface area (Å²) in [6.45, 7) is 6.83. The van der Waals surface area contributed by atoms with Crippen LogP contribution in [0.4, 0.5) is 0 Å². The highest BCUT2D eigenvalue weighted by Gasteiger charge is 2.06. The van der Waals surface area contributed by atoms with Gasteiger partial charge in [0, 0.05) is 19.7 Å². The van der Waals surface area contributed by atoms with E-state index in [1.807, 2.05) is 44.2 Å². The Morgan fingerprint density at radius 1 is 1.21 bits per heavy atom. The first kappa shape index (κ1) is 16.1. The van der Waals surface area contributed by atoms with Crippen molar-refractivity contribution in [2.45, 2.75) is 32.7 Å². The van der Waals surface area contributed by atoms with Gasteiger partial charge >= 0.3 is 0 Å². The van der Waals surface area contributed by atoms with Crippen LogP contribution in [-0.2, 0) is 16.1 Å². The number of aliphatic hydroxyl groups excluding tert-OH is 1. The zero-order chi connectivity index (χ0) is 13.9. The van der Waals surface area contributed by atoms with Gasteiger partial charge in [-0.05, 0) is 19.4 Å². The fraction of sp³-hybridized carbons (Fsp3) is 0.600. The van der Waals surface area contributed by atoms with Crippen LogP contribution in [0, 0.1) is 0 Å². The lowest BCUT2D eigenvalue weighted by atomic mass is 10.2. The third-order valence-electron chi connectivity index (χ3n) is 2.68. The number of benzene rings is 1. The molecule has 0 radical (unpaired) electrons. The van der Waals surface area contributed by atoms with Crippen molar-refractivity contribution in [3.8, 4) is 0 Å². The highest BCUT2D eigenvalue weighted by molar-refractivity contribution is 5.13. The van der Waals surface area contributed by atoms with Gasteiger partial charge in [0.1, 0.15) is 0 Å². The van der Waals surface area contributed by atoms with Crippen molar-refractivity contribution in [2.24, 2.45) is 0 Å². The molecule has 0 amide bonds. The van der Waals surface area contributed by atoms with Crippen LogP contribution >= 0.6 is 0 Å². The molecule has 1 aromatic rings. The number of aliphatic hydroxyl groups is 1. The highest BCUT2D eigenvalue weighted by Crippen LogP contribution is 2.00. The van der Waals surface area contributed by atoms with Crippen molar-refractivity contribution in [3.63, 3.8) is 0 Å². The lowest BCUT2D eigenvalue weighted by molar-refractivity contribution is 0.0249. The zero-order valence-electron chi connectivity index (χ0n) is 11.8. The van der Waals surface area contributed by atoms with E-state index in [0.717, 1.165) is 12.1 Å². The Labute approximate surface area is 115 Å². The van der Waals surface area contributed by atoms with E-state index in [1.54, 1.807) is 0 Å². The Balaban J connectivity index is 2.03. The average molecular weight is 267 g/mol. The highest BCUT2D eigenvalue weighted by atomic mass is 16.5. The Morgan fingerprint density at radius 2 is 1.95 bits per heavy atom. The molecule has 1 aromatic carbocycles. The van der Waals surface area contributed by atoms with E-state index < -0.39 is 6.10 Å². The van der Waals surface area contributed by atoms with E-state index in [4.69, 9.17) is 9.47 Å². The van der Waals surface area contributed by atoms with Crippen molar-refractivity contribution >= 4 is 0 Å². The maximum absolute atomic E-state index is 9.74. The molecule has 0 saturated carbocycles. The van der Waals surface area contributed by atoms with E-state index in [9.17, 15) is 5.11 Å². The SMILES string of the molecule is CCOC(C)CNCC(O)COCc1ccccc1. The first-order valence-electron chi connectivity index (χ1n) is 6.84. The van der Waals surface area contributed by atoms with E-state index >= 15 is 0 Å². The van der Waals surface area contributed by atoms with Gasteiger partial charge in [-0.15, -0.1) is 0 Å². The second-order valence-corrected chi connectivity index (χ2v) is 4.58. The molecule has 2 N–H and O–H groups in total. The van der Waals surface area contributed by atoms with Gasteiger partial charge in [0.15, 0.2) is 0 Å². The minimum atomic E-state index is -0.488. The number of hydrogen-bond acceptors (Lipinski definition) is 4. The summed E-state index contributed by atoms with van der Waals surface area (Å²) in [5.74, 6) is 0. The summed E-state index contributed by atoms with van der Waals surface area (Å²) in [4.78, 5) is 0. The molecule has 108 valence electrons. The average Bonchev–Trinajstić information content (AvgIpc) is 2.40. The normalized spacial score (nSPS) is 14.3. The van der Waals surface area contributed by atoms with Crippen LogP contribution in [0.2, 0.25) is 0 Å². The molecule has 0 aliphatic rings. The van der Waals surface area contributed by atoms with Crippen LogP contribution in [0.3, 0.4) is 0 Å². The summed E-state index contributed by atoms with van der Waals surface area (Å²) in [5.41, 5.74) is 1.12. The van der Waals surface area contributed by atoms with Crippen LogP contribution in [0.25, 0.3) is 0 Å². The Kier molecular flexibility index (Phi) is 8.41. The molecule has 4 nitrogen and oxygen atoms in total. The molecule has 19 heavy (non-hydrogen) atoms. The summed E-state index contributed by atoms with van der Waals surface area (Å²) in [6, 6.07) is 9.95. The van der Waals surface area contributed by atoms with Crippen molar-refractivity contribution in [1.29, 1.82) is 0 Å². The molecule has 2 unspecified atom stereocenters. The topological polar surface area (TPSA) is 50.7 Å². The Bertz CT molecular complexity index is 318. The number of ether oxygens (including phenoxy) is 2. The first-order valence-corrected chi connectivity index (χ1v) is 6.84. The molecule has 0 spiro atoms. The van der Waals surface area contributed by atoms with Gasteiger partial charge in [-0.1, -0.05) is 30.3 Å². The van der Waals surface area contributed by atoms with Crippen molar-refractivity contribution in [2.75, 3.05) is 26.3 Å². The number of nitrogens with one attached hydrogen (secondary N) is 1. The van der Waals surface area contributed by atoms with Gasteiger partial charge in [0.25, 0.3) is 0 Å². The van der Waals surface area contributed by atoms with Gasteiger partial charge in [-0.3, -0.25) is 0 Å². The molecule has 0 aliphatic carbocycles. The van der Waals surface area contributed by atoms with Crippen LogP contribution in [-0.4, -0.2) is 43.6 Å². The fourth-order valence-corrected chi connectivity index (χ4v) is 1.74. The summed E-state index contributed by atoms with van der Waals surface area (Å²) in [7, 11) is 0. The molecule has 0 heterocycles. The van der Waals surface area contributed by atoms with E-state index in [2.05, 4.69) is 5.32 Å². The molecule has 0 aromatic heterocycles. The van der Waals surface area contributed by atoms with Gasteiger partial charge < -0.3 is 19.9 Å². The number of rotatable bonds is 10. The quantitative estimate of drug-likeness (QED) is 0.676. The van der Waals surface area contributed by atoms with Gasteiger partial charge in [0.2, 0.25) is 0 Å². The van der Waals surface area contributed by atoms with Crippen LogP contribution in [0.5, 0.6) is 0 Å². The smallest absolute Gasteiger partial charge is 0.0897 e. The van der Waals surface area contributed by atoms with Crippen molar-refractivity contribution in [1.82, 2.24) is 5.32 Å². The molecule has 1 rings (SSSR count). The maximum atomic E-state index is 9.74. The van der Waals surface area contributed by atoms with Crippen LogP contribution in [0.15, 0.2) is 30.3 Å². The Hall–Kier alpha value is -0.940. The van der Waals surface area contributed by atoms with Gasteiger partial charge in [-0.25, -0.2) is 0 Å². The Morgan fingerprint density at radius 3 is 2.63 bits per heavy atom. The van der Waals surface area contributed by atoms with Gasteiger partial charge in [-0.2, -0.15) is 0 Å². The van der Waals surface area contributed by atoms with E-state index in [0.29, 0.717) is 26.4 Å². The molecule has 0 fully saturated rings. The molecule has 0 aliphatic heterocycles. The summed E-state index contributed by atoms with van der Waals surface area (Å²) < 4.78 is 10.9. The summed E-state index contributed by atoms with van der Waals surface area (Å²) in [6.07, 6.45) is -0.319. The van der Waals surface area contributed by atoms with Crippen LogP contribution < -0.4 is 5.32 Å². The second-order valence-electron chi connectivity index (χ2n) is 4.58. The maximum Gasteiger partial charge on any atom is 0.0897 e. The zero-order valence-corrected chi connectivity index (χ0v) is 11.8. The van der Waals surface area contributed by atoms with Crippen molar-refractivity contribution < 1.29 is 14.6 Å². The predicted octanol–water partition coefficient (Wildman–Crippen LogP) is 1.58. The minimum Gasteiger partial charge on any atom is -0.389 e. The predicted molar refractivity (Wildman–Crippen MR) is 76.1 cm³/mol. The third kappa shape index (κ3) is 7.95. The van der Waals surface area contributed by atoms with Crippen LogP contribution in [0.1, 0.15) is 19.4 Å².